The molecule has 1 amide bonds. The Hall–Kier alpha value is -2.35. The van der Waals surface area contributed by atoms with E-state index in [1.54, 1.807) is 22.8 Å². The van der Waals surface area contributed by atoms with Crippen molar-refractivity contribution in [1.82, 2.24) is 14.5 Å². The third-order valence-corrected chi connectivity index (χ3v) is 6.01. The molecule has 1 atom stereocenters. The number of rotatable bonds is 6. The molecule has 8 heteroatoms. The predicted octanol–water partition coefficient (Wildman–Crippen LogP) is 2.94. The van der Waals surface area contributed by atoms with E-state index in [9.17, 15) is 14.4 Å². The molecule has 1 aromatic heterocycles. The first-order valence-electron chi connectivity index (χ1n) is 9.90. The molecule has 0 aliphatic carbocycles. The van der Waals surface area contributed by atoms with E-state index in [-0.39, 0.29) is 22.6 Å². The lowest BCUT2D eigenvalue weighted by Gasteiger charge is -2.21. The number of ether oxygens (including phenoxy) is 1. The SMILES string of the molecule is COC(=O)c1ccc2c(=O)n(CC(C)C)c(S[C@@H](C)C(=O)N3CCCC3)nc2c1. The van der Waals surface area contributed by atoms with Gasteiger partial charge in [0.25, 0.3) is 5.56 Å². The fourth-order valence-corrected chi connectivity index (χ4v) is 4.47. The van der Waals surface area contributed by atoms with Gasteiger partial charge in [-0.3, -0.25) is 14.2 Å². The number of fused-ring (bicyclic) bond motifs is 1. The van der Waals surface area contributed by atoms with Crippen molar-refractivity contribution in [2.75, 3.05) is 20.2 Å². The Balaban J connectivity index is 2.03. The third kappa shape index (κ3) is 4.63. The van der Waals surface area contributed by atoms with Crippen LogP contribution in [-0.2, 0) is 16.1 Å². The fourth-order valence-electron chi connectivity index (χ4n) is 3.46. The average Bonchev–Trinajstić information content (AvgIpc) is 3.23. The van der Waals surface area contributed by atoms with Gasteiger partial charge in [-0.05, 0) is 43.9 Å². The first-order valence-corrected chi connectivity index (χ1v) is 10.8. The van der Waals surface area contributed by atoms with Gasteiger partial charge in [0.05, 0.1) is 28.8 Å². The Morgan fingerprint density at radius 2 is 1.90 bits per heavy atom. The zero-order chi connectivity index (χ0) is 21.1. The molecule has 0 radical (unpaired) electrons. The first kappa shape index (κ1) is 21.4. The summed E-state index contributed by atoms with van der Waals surface area (Å²) in [6, 6.07) is 4.75. The van der Waals surface area contributed by atoms with Gasteiger partial charge in [-0.25, -0.2) is 9.78 Å². The molecule has 0 N–H and O–H groups in total. The van der Waals surface area contributed by atoms with E-state index in [0.717, 1.165) is 25.9 Å². The number of hydrogen-bond donors (Lipinski definition) is 0. The van der Waals surface area contributed by atoms with Crippen molar-refractivity contribution in [2.24, 2.45) is 5.92 Å². The zero-order valence-electron chi connectivity index (χ0n) is 17.3. The minimum atomic E-state index is -0.480. The highest BCUT2D eigenvalue weighted by molar-refractivity contribution is 8.00. The van der Waals surface area contributed by atoms with Crippen LogP contribution in [0.1, 0.15) is 44.0 Å². The maximum absolute atomic E-state index is 13.1. The van der Waals surface area contributed by atoms with E-state index in [4.69, 9.17) is 4.74 Å². The minimum Gasteiger partial charge on any atom is -0.465 e. The van der Waals surface area contributed by atoms with Crippen LogP contribution in [0.15, 0.2) is 28.2 Å². The third-order valence-electron chi connectivity index (χ3n) is 4.94. The fraction of sp³-hybridized carbons (Fsp3) is 0.524. The van der Waals surface area contributed by atoms with E-state index in [0.29, 0.717) is 28.2 Å². The number of carbonyl (C=O) groups excluding carboxylic acids is 2. The molecule has 2 aromatic rings. The number of esters is 1. The Morgan fingerprint density at radius 1 is 1.21 bits per heavy atom. The van der Waals surface area contributed by atoms with Crippen molar-refractivity contribution in [3.63, 3.8) is 0 Å². The minimum absolute atomic E-state index is 0.0706. The lowest BCUT2D eigenvalue weighted by Crippen LogP contribution is -2.35. The summed E-state index contributed by atoms with van der Waals surface area (Å²) in [6.07, 6.45) is 2.07. The number of nitrogens with zero attached hydrogens (tertiary/aromatic N) is 3. The molecule has 0 saturated carbocycles. The van der Waals surface area contributed by atoms with Crippen LogP contribution in [0.2, 0.25) is 0 Å². The van der Waals surface area contributed by atoms with E-state index >= 15 is 0 Å². The molecule has 1 aliphatic heterocycles. The van der Waals surface area contributed by atoms with Crippen molar-refractivity contribution in [2.45, 2.75) is 50.6 Å². The van der Waals surface area contributed by atoms with Crippen molar-refractivity contribution in [3.8, 4) is 0 Å². The van der Waals surface area contributed by atoms with Crippen LogP contribution in [0.4, 0.5) is 0 Å². The molecule has 156 valence electrons. The summed E-state index contributed by atoms with van der Waals surface area (Å²) in [6.45, 7) is 8.00. The lowest BCUT2D eigenvalue weighted by atomic mass is 10.1. The van der Waals surface area contributed by atoms with Gasteiger partial charge in [0.1, 0.15) is 0 Å². The quantitative estimate of drug-likeness (QED) is 0.408. The van der Waals surface area contributed by atoms with Crippen LogP contribution in [0.3, 0.4) is 0 Å². The monoisotopic (exact) mass is 417 g/mol. The topological polar surface area (TPSA) is 81.5 Å². The van der Waals surface area contributed by atoms with Crippen LogP contribution in [0, 0.1) is 5.92 Å². The Morgan fingerprint density at radius 3 is 2.52 bits per heavy atom. The molecule has 7 nitrogen and oxygen atoms in total. The van der Waals surface area contributed by atoms with Gasteiger partial charge in [-0.2, -0.15) is 0 Å². The molecular weight excluding hydrogens is 390 g/mol. The predicted molar refractivity (Wildman–Crippen MR) is 113 cm³/mol. The summed E-state index contributed by atoms with van der Waals surface area (Å²) in [7, 11) is 1.31. The number of likely N-dealkylation sites (tertiary alicyclic amines) is 1. The molecule has 2 heterocycles. The molecule has 1 aliphatic rings. The Bertz CT molecular complexity index is 980. The summed E-state index contributed by atoms with van der Waals surface area (Å²) < 4.78 is 6.41. The normalized spacial score (nSPS) is 15.1. The van der Waals surface area contributed by atoms with Gasteiger partial charge in [0.2, 0.25) is 5.91 Å². The highest BCUT2D eigenvalue weighted by Crippen LogP contribution is 2.26. The van der Waals surface area contributed by atoms with Gasteiger partial charge in [-0.1, -0.05) is 25.6 Å². The molecule has 29 heavy (non-hydrogen) atoms. The number of carbonyl (C=O) groups is 2. The molecule has 1 aromatic carbocycles. The molecule has 3 rings (SSSR count). The average molecular weight is 418 g/mol. The Kier molecular flexibility index (Phi) is 6.62. The summed E-state index contributed by atoms with van der Waals surface area (Å²) >= 11 is 1.30. The van der Waals surface area contributed by atoms with Gasteiger partial charge in [0.15, 0.2) is 5.16 Å². The summed E-state index contributed by atoms with van der Waals surface area (Å²) in [5.74, 6) is -0.168. The molecular formula is C21H27N3O4S. The van der Waals surface area contributed by atoms with E-state index in [2.05, 4.69) is 4.98 Å². The molecule has 0 spiro atoms. The Labute approximate surface area is 174 Å². The van der Waals surface area contributed by atoms with Crippen LogP contribution in [0.25, 0.3) is 10.9 Å². The van der Waals surface area contributed by atoms with E-state index in [1.807, 2.05) is 25.7 Å². The molecule has 0 unspecified atom stereocenters. The number of thioether (sulfide) groups is 1. The number of amides is 1. The lowest BCUT2D eigenvalue weighted by molar-refractivity contribution is -0.129. The molecule has 1 fully saturated rings. The number of benzene rings is 1. The maximum Gasteiger partial charge on any atom is 0.337 e. The summed E-state index contributed by atoms with van der Waals surface area (Å²) in [5, 5.41) is 0.596. The van der Waals surface area contributed by atoms with Crippen LogP contribution in [0.5, 0.6) is 0 Å². The molecule has 1 saturated heterocycles. The second-order valence-corrected chi connectivity index (χ2v) is 9.03. The number of hydrogen-bond acceptors (Lipinski definition) is 6. The summed E-state index contributed by atoms with van der Waals surface area (Å²) in [4.78, 5) is 44.3. The largest absolute Gasteiger partial charge is 0.465 e. The first-order chi connectivity index (χ1) is 13.8. The van der Waals surface area contributed by atoms with E-state index in [1.165, 1.54) is 18.9 Å². The van der Waals surface area contributed by atoms with Crippen LogP contribution in [-0.4, -0.2) is 51.8 Å². The smallest absolute Gasteiger partial charge is 0.337 e. The second kappa shape index (κ2) is 8.98. The van der Waals surface area contributed by atoms with Crippen molar-refractivity contribution in [3.05, 3.63) is 34.1 Å². The highest BCUT2D eigenvalue weighted by atomic mass is 32.2. The number of methoxy groups -OCH3 is 1. The van der Waals surface area contributed by atoms with Crippen molar-refractivity contribution in [1.29, 1.82) is 0 Å². The number of aromatic nitrogens is 2. The second-order valence-electron chi connectivity index (χ2n) is 7.72. The summed E-state index contributed by atoms with van der Waals surface area (Å²) in [5.41, 5.74) is 0.607. The van der Waals surface area contributed by atoms with Crippen molar-refractivity contribution >= 4 is 34.5 Å². The van der Waals surface area contributed by atoms with Crippen molar-refractivity contribution < 1.29 is 14.3 Å². The molecule has 0 bridgehead atoms. The van der Waals surface area contributed by atoms with Gasteiger partial charge >= 0.3 is 5.97 Å². The zero-order valence-corrected chi connectivity index (χ0v) is 18.1. The maximum atomic E-state index is 13.1. The van der Waals surface area contributed by atoms with Gasteiger partial charge < -0.3 is 9.64 Å². The van der Waals surface area contributed by atoms with Crippen LogP contribution >= 0.6 is 11.8 Å². The standard InChI is InChI=1S/C21H27N3O4S/c1-13(2)12-24-19(26)16-8-7-15(20(27)28-4)11-17(16)22-21(24)29-14(3)18(25)23-9-5-6-10-23/h7-8,11,13-14H,5-6,9-10,12H2,1-4H3/t14-/m0/s1. The van der Waals surface area contributed by atoms with Gasteiger partial charge in [0, 0.05) is 19.6 Å². The van der Waals surface area contributed by atoms with E-state index < -0.39 is 5.97 Å². The highest BCUT2D eigenvalue weighted by Gasteiger charge is 2.26. The van der Waals surface area contributed by atoms with Gasteiger partial charge in [-0.15, -0.1) is 0 Å². The van der Waals surface area contributed by atoms with Crippen LogP contribution < -0.4 is 5.56 Å².